The molecule has 0 aromatic carbocycles. The van der Waals surface area contributed by atoms with E-state index < -0.39 is 18.3 Å². The van der Waals surface area contributed by atoms with Crippen LogP contribution in [0.4, 0.5) is 0 Å². The van der Waals surface area contributed by atoms with Crippen molar-refractivity contribution in [1.29, 1.82) is 0 Å². The van der Waals surface area contributed by atoms with Gasteiger partial charge in [0.25, 0.3) is 0 Å². The average Bonchev–Trinajstić information content (AvgIpc) is 2.25. The lowest BCUT2D eigenvalue weighted by molar-refractivity contribution is 0.0199. The van der Waals surface area contributed by atoms with Crippen LogP contribution in [0, 0.1) is 11.3 Å². The fourth-order valence-corrected chi connectivity index (χ4v) is 2.46. The summed E-state index contributed by atoms with van der Waals surface area (Å²) in [5, 5.41) is 29.6. The standard InChI is InChI=1S/C15H32ClNO3/c1-10(2)14(20)8-13(19)7-12(18)6-11(17-16)9-15(3,4)5/h10-14,17-20H,6-9H2,1-5H3. The number of halogens is 1. The Hall–Kier alpha value is 0.130. The van der Waals surface area contributed by atoms with Crippen molar-refractivity contribution in [3.8, 4) is 0 Å². The summed E-state index contributed by atoms with van der Waals surface area (Å²) in [5.74, 6) is 0.111. The number of aliphatic hydroxyl groups is 3. The molecule has 0 bridgehead atoms. The molecule has 0 aliphatic heterocycles. The van der Waals surface area contributed by atoms with Gasteiger partial charge in [-0.05, 0) is 48.8 Å². The highest BCUT2D eigenvalue weighted by atomic mass is 35.5. The molecule has 4 unspecified atom stereocenters. The van der Waals surface area contributed by atoms with Gasteiger partial charge in [-0.2, -0.15) is 0 Å². The summed E-state index contributed by atoms with van der Waals surface area (Å²) in [5.41, 5.74) is 0.124. The van der Waals surface area contributed by atoms with Gasteiger partial charge in [0.05, 0.1) is 18.3 Å². The third kappa shape index (κ3) is 9.94. The van der Waals surface area contributed by atoms with Gasteiger partial charge in [-0.15, -0.1) is 0 Å². The van der Waals surface area contributed by atoms with Crippen LogP contribution in [-0.4, -0.2) is 39.7 Å². The van der Waals surface area contributed by atoms with Crippen LogP contribution < -0.4 is 4.84 Å². The average molecular weight is 310 g/mol. The predicted molar refractivity (Wildman–Crippen MR) is 83.6 cm³/mol. The van der Waals surface area contributed by atoms with E-state index >= 15 is 0 Å². The maximum Gasteiger partial charge on any atom is 0.0589 e. The van der Waals surface area contributed by atoms with Gasteiger partial charge in [0.1, 0.15) is 0 Å². The van der Waals surface area contributed by atoms with Crippen molar-refractivity contribution in [2.75, 3.05) is 0 Å². The Morgan fingerprint density at radius 1 is 0.950 bits per heavy atom. The molecule has 4 atom stereocenters. The molecule has 4 N–H and O–H groups in total. The molecule has 0 amide bonds. The minimum atomic E-state index is -0.687. The lowest BCUT2D eigenvalue weighted by Crippen LogP contribution is -2.33. The zero-order valence-corrected chi connectivity index (χ0v) is 14.2. The van der Waals surface area contributed by atoms with Gasteiger partial charge in [-0.3, -0.25) is 0 Å². The maximum absolute atomic E-state index is 10.0. The van der Waals surface area contributed by atoms with Crippen molar-refractivity contribution in [2.24, 2.45) is 11.3 Å². The second kappa shape index (κ2) is 9.21. The number of hydrogen-bond donors (Lipinski definition) is 4. The Morgan fingerprint density at radius 3 is 1.85 bits per heavy atom. The van der Waals surface area contributed by atoms with Gasteiger partial charge in [0.15, 0.2) is 0 Å². The number of rotatable bonds is 9. The van der Waals surface area contributed by atoms with Gasteiger partial charge < -0.3 is 15.3 Å². The van der Waals surface area contributed by atoms with E-state index in [1.54, 1.807) is 0 Å². The number of aliphatic hydroxyl groups excluding tert-OH is 3. The second-order valence-corrected chi connectivity index (χ2v) is 7.62. The monoisotopic (exact) mass is 309 g/mol. The molecule has 0 aromatic heterocycles. The van der Waals surface area contributed by atoms with Gasteiger partial charge in [-0.25, -0.2) is 4.84 Å². The topological polar surface area (TPSA) is 72.7 Å². The zero-order valence-electron chi connectivity index (χ0n) is 13.4. The molecule has 0 spiro atoms. The van der Waals surface area contributed by atoms with Crippen LogP contribution >= 0.6 is 11.8 Å². The van der Waals surface area contributed by atoms with E-state index in [1.807, 2.05) is 13.8 Å². The first-order chi connectivity index (χ1) is 9.05. The Balaban J connectivity index is 4.16. The highest BCUT2D eigenvalue weighted by molar-refractivity contribution is 6.13. The molecular formula is C15H32ClNO3. The molecule has 0 fully saturated rings. The van der Waals surface area contributed by atoms with Crippen LogP contribution in [0.25, 0.3) is 0 Å². The highest BCUT2D eigenvalue weighted by Gasteiger charge is 2.23. The summed E-state index contributed by atoms with van der Waals surface area (Å²) in [6.45, 7) is 10.2. The molecular weight excluding hydrogens is 278 g/mol. The van der Waals surface area contributed by atoms with E-state index in [0.717, 1.165) is 6.42 Å². The van der Waals surface area contributed by atoms with Crippen LogP contribution in [0.2, 0.25) is 0 Å². The lowest BCUT2D eigenvalue weighted by atomic mass is 9.86. The first-order valence-electron chi connectivity index (χ1n) is 7.45. The molecule has 0 heterocycles. The van der Waals surface area contributed by atoms with E-state index in [9.17, 15) is 15.3 Å². The summed E-state index contributed by atoms with van der Waals surface area (Å²) < 4.78 is 0. The molecule has 122 valence electrons. The highest BCUT2D eigenvalue weighted by Crippen LogP contribution is 2.24. The van der Waals surface area contributed by atoms with Crippen LogP contribution in [0.3, 0.4) is 0 Å². The molecule has 4 nitrogen and oxygen atoms in total. The summed E-state index contributed by atoms with van der Waals surface area (Å²) >= 11 is 5.72. The number of hydrogen-bond acceptors (Lipinski definition) is 4. The van der Waals surface area contributed by atoms with Crippen molar-refractivity contribution in [3.63, 3.8) is 0 Å². The maximum atomic E-state index is 10.0. The van der Waals surface area contributed by atoms with Crippen molar-refractivity contribution < 1.29 is 15.3 Å². The molecule has 0 rings (SSSR count). The van der Waals surface area contributed by atoms with Crippen LogP contribution in [0.1, 0.15) is 60.3 Å². The van der Waals surface area contributed by atoms with Gasteiger partial charge >= 0.3 is 0 Å². The first-order valence-corrected chi connectivity index (χ1v) is 7.83. The van der Waals surface area contributed by atoms with Crippen molar-refractivity contribution in [1.82, 2.24) is 4.84 Å². The fraction of sp³-hybridized carbons (Fsp3) is 1.00. The van der Waals surface area contributed by atoms with Gasteiger partial charge in [0.2, 0.25) is 0 Å². The molecule has 0 radical (unpaired) electrons. The van der Waals surface area contributed by atoms with Crippen LogP contribution in [0.15, 0.2) is 0 Å². The van der Waals surface area contributed by atoms with Crippen LogP contribution in [0.5, 0.6) is 0 Å². The van der Waals surface area contributed by atoms with E-state index in [1.165, 1.54) is 0 Å². The molecule has 20 heavy (non-hydrogen) atoms. The Bertz CT molecular complexity index is 256. The summed E-state index contributed by atoms with van der Waals surface area (Å²) in [6.07, 6.45) is 0.0637. The quantitative estimate of drug-likeness (QED) is 0.494. The minimum Gasteiger partial charge on any atom is -0.393 e. The van der Waals surface area contributed by atoms with Crippen molar-refractivity contribution in [2.45, 2.75) is 84.7 Å². The first kappa shape index (κ1) is 20.1. The predicted octanol–water partition coefficient (Wildman–Crippen LogP) is 2.44. The minimum absolute atomic E-state index is 0.00823. The lowest BCUT2D eigenvalue weighted by Gasteiger charge is -2.27. The molecule has 0 aliphatic rings. The van der Waals surface area contributed by atoms with E-state index in [2.05, 4.69) is 25.6 Å². The van der Waals surface area contributed by atoms with Gasteiger partial charge in [0, 0.05) is 6.04 Å². The summed E-state index contributed by atoms with van der Waals surface area (Å²) in [4.78, 5) is 2.70. The Morgan fingerprint density at radius 2 is 1.45 bits per heavy atom. The van der Waals surface area contributed by atoms with Crippen molar-refractivity contribution >= 4 is 11.8 Å². The molecule has 0 saturated heterocycles. The molecule has 5 heteroatoms. The summed E-state index contributed by atoms with van der Waals surface area (Å²) in [6, 6.07) is 0.00823. The fourth-order valence-electron chi connectivity index (χ4n) is 2.29. The molecule has 0 aliphatic carbocycles. The SMILES string of the molecule is CC(C)C(O)CC(O)CC(O)CC(CC(C)(C)C)NCl. The Labute approximate surface area is 128 Å². The van der Waals surface area contributed by atoms with Crippen molar-refractivity contribution in [3.05, 3.63) is 0 Å². The number of nitrogens with one attached hydrogen (secondary N) is 1. The summed E-state index contributed by atoms with van der Waals surface area (Å²) in [7, 11) is 0. The van der Waals surface area contributed by atoms with E-state index in [0.29, 0.717) is 12.8 Å². The normalized spacial score (nSPS) is 18.9. The zero-order chi connectivity index (χ0) is 15.9. The third-order valence-electron chi connectivity index (χ3n) is 3.40. The molecule has 0 saturated carbocycles. The molecule has 0 aromatic rings. The second-order valence-electron chi connectivity index (χ2n) is 7.40. The van der Waals surface area contributed by atoms with E-state index in [-0.39, 0.29) is 23.8 Å². The smallest absolute Gasteiger partial charge is 0.0589 e. The van der Waals surface area contributed by atoms with Crippen LogP contribution in [-0.2, 0) is 0 Å². The van der Waals surface area contributed by atoms with E-state index in [4.69, 9.17) is 11.8 Å². The third-order valence-corrected chi connectivity index (χ3v) is 3.71. The Kier molecular flexibility index (Phi) is 9.27. The van der Waals surface area contributed by atoms with Gasteiger partial charge in [-0.1, -0.05) is 34.6 Å². The largest absolute Gasteiger partial charge is 0.393 e.